The molecule has 1 nitrogen and oxygen atoms in total. The fourth-order valence-corrected chi connectivity index (χ4v) is 1.70. The summed E-state index contributed by atoms with van der Waals surface area (Å²) in [6, 6.07) is 4.25. The van der Waals surface area contributed by atoms with E-state index < -0.39 is 11.6 Å². The second-order valence-electron chi connectivity index (χ2n) is 3.37. The van der Waals surface area contributed by atoms with Gasteiger partial charge in [-0.15, -0.1) is 0 Å². The monoisotopic (exact) mass is 183 g/mol. The van der Waals surface area contributed by atoms with Crippen LogP contribution in [-0.4, -0.2) is 13.1 Å². The molecule has 1 saturated carbocycles. The molecule has 0 amide bonds. The standard InChI is InChI=1S/C10H11F2N/c1-13-9-5-6(9)10-7(11)3-2-4-8(10)12/h2-4,6,9,13H,5H2,1H3/t6-,9-/m1/s1. The molecule has 70 valence electrons. The fraction of sp³-hybridized carbons (Fsp3) is 0.400. The number of hydrogen-bond donors (Lipinski definition) is 1. The zero-order chi connectivity index (χ0) is 9.42. The zero-order valence-electron chi connectivity index (χ0n) is 7.35. The van der Waals surface area contributed by atoms with E-state index in [2.05, 4.69) is 5.32 Å². The summed E-state index contributed by atoms with van der Waals surface area (Å²) in [5.74, 6) is -0.836. The SMILES string of the molecule is CN[C@@H]1C[C@H]1c1c(F)cccc1F. The summed E-state index contributed by atoms with van der Waals surface area (Å²) in [5, 5.41) is 3.01. The van der Waals surface area contributed by atoms with Crippen molar-refractivity contribution in [2.45, 2.75) is 18.4 Å². The van der Waals surface area contributed by atoms with Crippen LogP contribution in [0.2, 0.25) is 0 Å². The molecular weight excluding hydrogens is 172 g/mol. The quantitative estimate of drug-likeness (QED) is 0.739. The molecule has 1 aromatic rings. The lowest BCUT2D eigenvalue weighted by Crippen LogP contribution is -2.11. The van der Waals surface area contributed by atoms with Gasteiger partial charge in [-0.3, -0.25) is 0 Å². The van der Waals surface area contributed by atoms with E-state index in [0.717, 1.165) is 6.42 Å². The minimum atomic E-state index is -0.428. The van der Waals surface area contributed by atoms with Crippen LogP contribution < -0.4 is 5.32 Å². The number of benzene rings is 1. The van der Waals surface area contributed by atoms with Crippen molar-refractivity contribution in [2.24, 2.45) is 0 Å². The molecule has 0 heterocycles. The van der Waals surface area contributed by atoms with Gasteiger partial charge in [0.25, 0.3) is 0 Å². The van der Waals surface area contributed by atoms with Crippen LogP contribution in [0.25, 0.3) is 0 Å². The van der Waals surface area contributed by atoms with Crippen LogP contribution in [0.5, 0.6) is 0 Å². The van der Waals surface area contributed by atoms with Crippen LogP contribution in [-0.2, 0) is 0 Å². The molecule has 0 spiro atoms. The highest BCUT2D eigenvalue weighted by molar-refractivity contribution is 5.30. The highest BCUT2D eigenvalue weighted by atomic mass is 19.1. The van der Waals surface area contributed by atoms with Gasteiger partial charge in [-0.1, -0.05) is 6.07 Å². The fourth-order valence-electron chi connectivity index (χ4n) is 1.70. The largest absolute Gasteiger partial charge is 0.316 e. The maximum atomic E-state index is 13.2. The first-order chi connectivity index (χ1) is 6.24. The molecule has 0 saturated heterocycles. The van der Waals surface area contributed by atoms with Gasteiger partial charge in [0, 0.05) is 17.5 Å². The van der Waals surface area contributed by atoms with Gasteiger partial charge in [0.2, 0.25) is 0 Å². The van der Waals surface area contributed by atoms with Gasteiger partial charge < -0.3 is 5.32 Å². The first kappa shape index (κ1) is 8.63. The third-order valence-electron chi connectivity index (χ3n) is 2.53. The number of halogens is 2. The van der Waals surface area contributed by atoms with Crippen LogP contribution in [0.15, 0.2) is 18.2 Å². The summed E-state index contributed by atoms with van der Waals surface area (Å²) in [5.41, 5.74) is 0.238. The first-order valence-electron chi connectivity index (χ1n) is 4.35. The van der Waals surface area contributed by atoms with Gasteiger partial charge in [0.1, 0.15) is 11.6 Å². The number of hydrogen-bond acceptors (Lipinski definition) is 1. The van der Waals surface area contributed by atoms with Crippen molar-refractivity contribution in [3.05, 3.63) is 35.4 Å². The molecule has 0 aromatic heterocycles. The minimum absolute atomic E-state index is 0.0196. The Morgan fingerprint density at radius 3 is 2.38 bits per heavy atom. The number of rotatable bonds is 2. The van der Waals surface area contributed by atoms with Crippen molar-refractivity contribution in [3.63, 3.8) is 0 Å². The zero-order valence-corrected chi connectivity index (χ0v) is 7.35. The molecule has 2 rings (SSSR count). The molecule has 1 aromatic carbocycles. The molecule has 0 radical (unpaired) electrons. The Morgan fingerprint density at radius 1 is 1.31 bits per heavy atom. The Hall–Kier alpha value is -0.960. The smallest absolute Gasteiger partial charge is 0.129 e. The second-order valence-corrected chi connectivity index (χ2v) is 3.37. The molecule has 3 heteroatoms. The summed E-state index contributed by atoms with van der Waals surface area (Å²) < 4.78 is 26.4. The Bertz CT molecular complexity index is 304. The van der Waals surface area contributed by atoms with E-state index in [0.29, 0.717) is 0 Å². The Balaban J connectivity index is 2.30. The lowest BCUT2D eigenvalue weighted by atomic mass is 10.1. The van der Waals surface area contributed by atoms with Gasteiger partial charge in [0.05, 0.1) is 0 Å². The van der Waals surface area contributed by atoms with Gasteiger partial charge in [0.15, 0.2) is 0 Å². The van der Waals surface area contributed by atoms with Crippen LogP contribution in [0.4, 0.5) is 8.78 Å². The van der Waals surface area contributed by atoms with Gasteiger partial charge in [-0.25, -0.2) is 8.78 Å². The van der Waals surface area contributed by atoms with E-state index in [4.69, 9.17) is 0 Å². The first-order valence-corrected chi connectivity index (χ1v) is 4.35. The summed E-state index contributed by atoms with van der Waals surface area (Å²) in [4.78, 5) is 0. The maximum Gasteiger partial charge on any atom is 0.129 e. The Morgan fingerprint density at radius 2 is 1.92 bits per heavy atom. The third-order valence-corrected chi connectivity index (χ3v) is 2.53. The molecular formula is C10H11F2N. The molecule has 0 bridgehead atoms. The van der Waals surface area contributed by atoms with Crippen molar-refractivity contribution in [1.82, 2.24) is 5.32 Å². The molecule has 1 N–H and O–H groups in total. The molecule has 0 aliphatic heterocycles. The molecule has 2 atom stereocenters. The van der Waals surface area contributed by atoms with Crippen LogP contribution in [0.3, 0.4) is 0 Å². The van der Waals surface area contributed by atoms with Crippen LogP contribution in [0, 0.1) is 11.6 Å². The average molecular weight is 183 g/mol. The van der Waals surface area contributed by atoms with E-state index in [1.165, 1.54) is 18.2 Å². The van der Waals surface area contributed by atoms with E-state index in [1.807, 2.05) is 7.05 Å². The van der Waals surface area contributed by atoms with E-state index >= 15 is 0 Å². The molecule has 0 unspecified atom stereocenters. The minimum Gasteiger partial charge on any atom is -0.316 e. The summed E-state index contributed by atoms with van der Waals surface area (Å²) >= 11 is 0. The van der Waals surface area contributed by atoms with Crippen molar-refractivity contribution >= 4 is 0 Å². The van der Waals surface area contributed by atoms with Crippen molar-refractivity contribution in [1.29, 1.82) is 0 Å². The summed E-state index contributed by atoms with van der Waals surface area (Å²) in [6.45, 7) is 0. The highest BCUT2D eigenvalue weighted by Crippen LogP contribution is 2.42. The Labute approximate surface area is 75.8 Å². The van der Waals surface area contributed by atoms with Gasteiger partial charge >= 0.3 is 0 Å². The third kappa shape index (κ3) is 1.44. The Kier molecular flexibility index (Phi) is 2.04. The topological polar surface area (TPSA) is 12.0 Å². The highest BCUT2D eigenvalue weighted by Gasteiger charge is 2.40. The van der Waals surface area contributed by atoms with Crippen molar-refractivity contribution in [3.8, 4) is 0 Å². The van der Waals surface area contributed by atoms with E-state index in [-0.39, 0.29) is 17.5 Å². The van der Waals surface area contributed by atoms with Crippen molar-refractivity contribution in [2.75, 3.05) is 7.05 Å². The lowest BCUT2D eigenvalue weighted by Gasteiger charge is -2.03. The second kappa shape index (κ2) is 3.07. The number of nitrogens with one attached hydrogen (secondary N) is 1. The summed E-state index contributed by atoms with van der Waals surface area (Å²) in [6.07, 6.45) is 0.828. The van der Waals surface area contributed by atoms with Crippen LogP contribution >= 0.6 is 0 Å². The molecule has 1 aliphatic rings. The maximum absolute atomic E-state index is 13.2. The molecule has 1 fully saturated rings. The summed E-state index contributed by atoms with van der Waals surface area (Å²) in [7, 11) is 1.81. The predicted octanol–water partition coefficient (Wildman–Crippen LogP) is 2.04. The average Bonchev–Trinajstić information content (AvgIpc) is 2.83. The van der Waals surface area contributed by atoms with E-state index in [1.54, 1.807) is 0 Å². The van der Waals surface area contributed by atoms with Gasteiger partial charge in [-0.2, -0.15) is 0 Å². The van der Waals surface area contributed by atoms with Crippen LogP contribution in [0.1, 0.15) is 17.9 Å². The van der Waals surface area contributed by atoms with E-state index in [9.17, 15) is 8.78 Å². The predicted molar refractivity (Wildman–Crippen MR) is 46.6 cm³/mol. The molecule has 1 aliphatic carbocycles. The normalized spacial score (nSPS) is 26.1. The molecule has 13 heavy (non-hydrogen) atoms. The van der Waals surface area contributed by atoms with Crippen molar-refractivity contribution < 1.29 is 8.78 Å². The number of likely N-dealkylation sites (N-methyl/N-ethyl adjacent to an activating group) is 1. The van der Waals surface area contributed by atoms with Gasteiger partial charge in [-0.05, 0) is 25.6 Å². The lowest BCUT2D eigenvalue weighted by molar-refractivity contribution is 0.552.